The zero-order valence-electron chi connectivity index (χ0n) is 9.85. The maximum absolute atomic E-state index is 8.75. The minimum Gasteiger partial charge on any atom is -0.492 e. The fourth-order valence-corrected chi connectivity index (χ4v) is 2.03. The van der Waals surface area contributed by atoms with Gasteiger partial charge in [0.15, 0.2) is 0 Å². The summed E-state index contributed by atoms with van der Waals surface area (Å²) in [7, 11) is 0. The molecule has 1 saturated heterocycles. The maximum atomic E-state index is 8.75. The van der Waals surface area contributed by atoms with Crippen molar-refractivity contribution in [3.05, 3.63) is 23.8 Å². The first-order chi connectivity index (χ1) is 8.29. The summed E-state index contributed by atoms with van der Waals surface area (Å²) in [5.41, 5.74) is 6.69. The quantitative estimate of drug-likeness (QED) is 0.800. The number of likely N-dealkylation sites (tertiary alicyclic amines) is 1. The highest BCUT2D eigenvalue weighted by Crippen LogP contribution is 2.19. The predicted octanol–water partition coefficient (Wildman–Crippen LogP) is 1.62. The molecule has 0 bridgehead atoms. The van der Waals surface area contributed by atoms with E-state index in [0.29, 0.717) is 17.9 Å². The van der Waals surface area contributed by atoms with Gasteiger partial charge in [0.1, 0.15) is 18.4 Å². The summed E-state index contributed by atoms with van der Waals surface area (Å²) >= 11 is 0. The van der Waals surface area contributed by atoms with Crippen LogP contribution in [0.4, 0.5) is 5.69 Å². The third-order valence-corrected chi connectivity index (χ3v) is 3.02. The van der Waals surface area contributed by atoms with E-state index in [1.54, 1.807) is 18.2 Å². The van der Waals surface area contributed by atoms with Gasteiger partial charge < -0.3 is 10.5 Å². The second-order valence-corrected chi connectivity index (χ2v) is 4.26. The molecule has 2 N–H and O–H groups in total. The summed E-state index contributed by atoms with van der Waals surface area (Å²) in [6.45, 7) is 3.99. The summed E-state index contributed by atoms with van der Waals surface area (Å²) in [6, 6.07) is 7.23. The van der Waals surface area contributed by atoms with Crippen molar-refractivity contribution >= 4 is 5.69 Å². The Hall–Kier alpha value is -1.73. The van der Waals surface area contributed by atoms with Crippen LogP contribution in [0.2, 0.25) is 0 Å². The summed E-state index contributed by atoms with van der Waals surface area (Å²) < 4.78 is 5.62. The molecule has 1 aromatic rings. The van der Waals surface area contributed by atoms with Gasteiger partial charge in [-0.2, -0.15) is 5.26 Å². The molecule has 0 radical (unpaired) electrons. The Labute approximate surface area is 102 Å². The van der Waals surface area contributed by atoms with Gasteiger partial charge >= 0.3 is 0 Å². The number of rotatable bonds is 4. The van der Waals surface area contributed by atoms with Gasteiger partial charge in [-0.1, -0.05) is 0 Å². The van der Waals surface area contributed by atoms with Crippen LogP contribution >= 0.6 is 0 Å². The zero-order chi connectivity index (χ0) is 12.1. The second kappa shape index (κ2) is 5.55. The second-order valence-electron chi connectivity index (χ2n) is 4.26. The van der Waals surface area contributed by atoms with E-state index in [-0.39, 0.29) is 0 Å². The Morgan fingerprint density at radius 2 is 2.12 bits per heavy atom. The van der Waals surface area contributed by atoms with Gasteiger partial charge in [0, 0.05) is 12.6 Å². The van der Waals surface area contributed by atoms with Crippen molar-refractivity contribution in [2.45, 2.75) is 12.8 Å². The number of nitrogens with two attached hydrogens (primary N) is 1. The number of anilines is 1. The lowest BCUT2D eigenvalue weighted by atomic mass is 10.2. The molecule has 1 aliphatic rings. The predicted molar refractivity (Wildman–Crippen MR) is 66.7 cm³/mol. The van der Waals surface area contributed by atoms with Gasteiger partial charge in [-0.25, -0.2) is 0 Å². The molecule has 0 amide bonds. The highest BCUT2D eigenvalue weighted by atomic mass is 16.5. The van der Waals surface area contributed by atoms with Crippen LogP contribution in [0.3, 0.4) is 0 Å². The fourth-order valence-electron chi connectivity index (χ4n) is 2.03. The van der Waals surface area contributed by atoms with Crippen LogP contribution in [0, 0.1) is 11.3 Å². The normalized spacial score (nSPS) is 15.7. The van der Waals surface area contributed by atoms with Gasteiger partial charge in [-0.15, -0.1) is 0 Å². The average Bonchev–Trinajstić information content (AvgIpc) is 2.82. The topological polar surface area (TPSA) is 62.3 Å². The summed E-state index contributed by atoms with van der Waals surface area (Å²) in [5, 5.41) is 8.75. The molecule has 1 fully saturated rings. The van der Waals surface area contributed by atoms with Gasteiger partial charge in [-0.05, 0) is 38.1 Å². The van der Waals surface area contributed by atoms with Crippen molar-refractivity contribution in [1.82, 2.24) is 4.90 Å². The molecule has 1 heterocycles. The number of hydrogen-bond donors (Lipinski definition) is 1. The van der Waals surface area contributed by atoms with Gasteiger partial charge in [0.2, 0.25) is 0 Å². The highest BCUT2D eigenvalue weighted by molar-refractivity contribution is 5.56. The van der Waals surface area contributed by atoms with E-state index in [9.17, 15) is 0 Å². The lowest BCUT2D eigenvalue weighted by Gasteiger charge is -2.15. The van der Waals surface area contributed by atoms with Crippen LogP contribution in [0.5, 0.6) is 5.75 Å². The molecular weight excluding hydrogens is 214 g/mol. The lowest BCUT2D eigenvalue weighted by molar-refractivity contribution is 0.238. The Balaban J connectivity index is 1.82. The number of hydrogen-bond acceptors (Lipinski definition) is 4. The molecule has 4 nitrogen and oxygen atoms in total. The highest BCUT2D eigenvalue weighted by Gasteiger charge is 2.10. The van der Waals surface area contributed by atoms with Crippen molar-refractivity contribution in [1.29, 1.82) is 5.26 Å². The molecule has 1 aliphatic heterocycles. The van der Waals surface area contributed by atoms with Crippen LogP contribution in [0.1, 0.15) is 18.4 Å². The maximum Gasteiger partial charge on any atom is 0.121 e. The standard InChI is InChI=1S/C13H17N3O/c14-10-11-3-4-12(9-13(11)15)17-8-7-16-5-1-2-6-16/h3-4,9H,1-2,5-8,15H2. The Morgan fingerprint density at radius 1 is 1.35 bits per heavy atom. The van der Waals surface area contributed by atoms with Crippen LogP contribution in [0.15, 0.2) is 18.2 Å². The molecule has 0 aliphatic carbocycles. The molecule has 0 saturated carbocycles. The summed E-state index contributed by atoms with van der Waals surface area (Å²) in [4.78, 5) is 2.40. The monoisotopic (exact) mass is 231 g/mol. The van der Waals surface area contributed by atoms with Gasteiger partial charge in [-0.3, -0.25) is 4.90 Å². The smallest absolute Gasteiger partial charge is 0.121 e. The van der Waals surface area contributed by atoms with E-state index in [2.05, 4.69) is 4.90 Å². The third-order valence-electron chi connectivity index (χ3n) is 3.02. The average molecular weight is 231 g/mol. The van der Waals surface area contributed by atoms with E-state index in [4.69, 9.17) is 15.7 Å². The van der Waals surface area contributed by atoms with Crippen molar-refractivity contribution in [3.63, 3.8) is 0 Å². The number of nitrogen functional groups attached to an aromatic ring is 1. The molecular formula is C13H17N3O. The first kappa shape index (κ1) is 11.7. The van der Waals surface area contributed by atoms with Crippen LogP contribution < -0.4 is 10.5 Å². The Bertz CT molecular complexity index is 419. The minimum absolute atomic E-state index is 0.478. The van der Waals surface area contributed by atoms with Crippen molar-refractivity contribution < 1.29 is 4.74 Å². The molecule has 0 aromatic heterocycles. The van der Waals surface area contributed by atoms with Crippen molar-refractivity contribution in [2.24, 2.45) is 0 Å². The molecule has 90 valence electrons. The van der Waals surface area contributed by atoms with E-state index in [0.717, 1.165) is 12.3 Å². The van der Waals surface area contributed by atoms with E-state index in [1.165, 1.54) is 25.9 Å². The van der Waals surface area contributed by atoms with Crippen molar-refractivity contribution in [2.75, 3.05) is 32.0 Å². The van der Waals surface area contributed by atoms with Crippen LogP contribution in [-0.2, 0) is 0 Å². The molecule has 4 heteroatoms. The Morgan fingerprint density at radius 3 is 2.76 bits per heavy atom. The molecule has 0 unspecified atom stereocenters. The molecule has 17 heavy (non-hydrogen) atoms. The summed E-state index contributed by atoms with van der Waals surface area (Å²) in [6.07, 6.45) is 2.59. The number of nitriles is 1. The number of nitrogens with zero attached hydrogens (tertiary/aromatic N) is 2. The van der Waals surface area contributed by atoms with Crippen LogP contribution in [0.25, 0.3) is 0 Å². The third kappa shape index (κ3) is 3.11. The summed E-state index contributed by atoms with van der Waals surface area (Å²) in [5.74, 6) is 0.737. The molecule has 0 spiro atoms. The van der Waals surface area contributed by atoms with Gasteiger partial charge in [0.05, 0.1) is 11.3 Å². The van der Waals surface area contributed by atoms with Gasteiger partial charge in [0.25, 0.3) is 0 Å². The molecule has 0 atom stereocenters. The number of ether oxygens (including phenoxy) is 1. The van der Waals surface area contributed by atoms with Crippen molar-refractivity contribution in [3.8, 4) is 11.8 Å². The first-order valence-corrected chi connectivity index (χ1v) is 5.94. The first-order valence-electron chi connectivity index (χ1n) is 5.94. The lowest BCUT2D eigenvalue weighted by Crippen LogP contribution is -2.25. The largest absolute Gasteiger partial charge is 0.492 e. The SMILES string of the molecule is N#Cc1ccc(OCCN2CCCC2)cc1N. The fraction of sp³-hybridized carbons (Fsp3) is 0.462. The molecule has 1 aromatic carbocycles. The zero-order valence-corrected chi connectivity index (χ0v) is 9.85. The molecule has 2 rings (SSSR count). The van der Waals surface area contributed by atoms with E-state index in [1.807, 2.05) is 6.07 Å². The Kier molecular flexibility index (Phi) is 3.84. The van der Waals surface area contributed by atoms with E-state index < -0.39 is 0 Å². The number of benzene rings is 1. The minimum atomic E-state index is 0.478. The van der Waals surface area contributed by atoms with E-state index >= 15 is 0 Å². The van der Waals surface area contributed by atoms with Crippen LogP contribution in [-0.4, -0.2) is 31.1 Å².